The number of nitrogens with one attached hydrogen (secondary N) is 1. The van der Waals surface area contributed by atoms with E-state index in [2.05, 4.69) is 5.09 Å². The highest BCUT2D eigenvalue weighted by Gasteiger charge is 2.31. The summed E-state index contributed by atoms with van der Waals surface area (Å²) in [5, 5.41) is 2.70. The standard InChI is InChI=1S/C15H25N2O5P/c1-4-20-15(18)13(3)17-23(19,11-21-12(2)10-16)22-14-8-6-5-7-9-14/h5-9,12-13H,4,10-11,16H2,1-3H3,(H,17,19)/t12-,13-,23?/m1/s1. The Morgan fingerprint density at radius 3 is 2.52 bits per heavy atom. The van der Waals surface area contributed by atoms with Crippen LogP contribution in [-0.2, 0) is 18.8 Å². The molecule has 0 aromatic heterocycles. The summed E-state index contributed by atoms with van der Waals surface area (Å²) in [7, 11) is -3.47. The van der Waals surface area contributed by atoms with Gasteiger partial charge >= 0.3 is 13.5 Å². The summed E-state index contributed by atoms with van der Waals surface area (Å²) < 4.78 is 28.9. The van der Waals surface area contributed by atoms with Crippen molar-refractivity contribution in [3.8, 4) is 5.75 Å². The number of nitrogens with two attached hydrogens (primary N) is 1. The molecule has 0 saturated carbocycles. The molecule has 0 aliphatic rings. The Kier molecular flexibility index (Phi) is 8.26. The topological polar surface area (TPSA) is 99.9 Å². The predicted molar refractivity (Wildman–Crippen MR) is 88.4 cm³/mol. The number of hydrogen-bond acceptors (Lipinski definition) is 6. The van der Waals surface area contributed by atoms with E-state index >= 15 is 0 Å². The smallest absolute Gasteiger partial charge is 0.342 e. The third-order valence-corrected chi connectivity index (χ3v) is 4.66. The first kappa shape index (κ1) is 19.6. The summed E-state index contributed by atoms with van der Waals surface area (Å²) in [5.74, 6) is -0.0837. The minimum Gasteiger partial charge on any atom is -0.465 e. The van der Waals surface area contributed by atoms with Crippen molar-refractivity contribution in [2.45, 2.75) is 32.9 Å². The molecule has 1 aromatic carbocycles. The Hall–Kier alpha value is -1.40. The van der Waals surface area contributed by atoms with E-state index in [4.69, 9.17) is 19.7 Å². The van der Waals surface area contributed by atoms with Crippen LogP contribution < -0.4 is 15.3 Å². The van der Waals surface area contributed by atoms with Crippen LogP contribution in [0.25, 0.3) is 0 Å². The van der Waals surface area contributed by atoms with Crippen LogP contribution in [0.3, 0.4) is 0 Å². The lowest BCUT2D eigenvalue weighted by atomic mass is 10.3. The highest BCUT2D eigenvalue weighted by Crippen LogP contribution is 2.43. The number of carbonyl (C=O) groups is 1. The van der Waals surface area contributed by atoms with Crippen LogP contribution in [0.2, 0.25) is 0 Å². The van der Waals surface area contributed by atoms with E-state index < -0.39 is 19.5 Å². The lowest BCUT2D eigenvalue weighted by Crippen LogP contribution is -2.36. The second kappa shape index (κ2) is 9.67. The maximum atomic E-state index is 13.0. The molecule has 0 aliphatic heterocycles. The molecule has 1 aromatic rings. The number of carbonyl (C=O) groups excluding carboxylic acids is 1. The van der Waals surface area contributed by atoms with E-state index in [1.165, 1.54) is 0 Å². The summed E-state index contributed by atoms with van der Waals surface area (Å²) in [5.41, 5.74) is 5.49. The Bertz CT molecular complexity index is 526. The van der Waals surface area contributed by atoms with E-state index in [1.807, 2.05) is 6.07 Å². The molecule has 0 aliphatic carbocycles. The van der Waals surface area contributed by atoms with Gasteiger partial charge in [-0.25, -0.2) is 5.09 Å². The average molecular weight is 344 g/mol. The highest BCUT2D eigenvalue weighted by molar-refractivity contribution is 7.57. The van der Waals surface area contributed by atoms with Gasteiger partial charge in [0.25, 0.3) is 0 Å². The number of hydrogen-bond donors (Lipinski definition) is 2. The summed E-state index contributed by atoms with van der Waals surface area (Å²) in [6.07, 6.45) is -0.480. The van der Waals surface area contributed by atoms with Gasteiger partial charge in [-0.3, -0.25) is 9.36 Å². The van der Waals surface area contributed by atoms with Crippen molar-refractivity contribution in [2.24, 2.45) is 5.73 Å². The molecule has 130 valence electrons. The van der Waals surface area contributed by atoms with Crippen molar-refractivity contribution in [3.63, 3.8) is 0 Å². The fourth-order valence-corrected chi connectivity index (χ4v) is 3.44. The van der Waals surface area contributed by atoms with E-state index in [0.29, 0.717) is 12.3 Å². The van der Waals surface area contributed by atoms with E-state index in [0.717, 1.165) is 0 Å². The highest BCUT2D eigenvalue weighted by atomic mass is 31.2. The second-order valence-electron chi connectivity index (χ2n) is 5.02. The first-order valence-corrected chi connectivity index (χ1v) is 9.31. The number of para-hydroxylation sites is 1. The van der Waals surface area contributed by atoms with Gasteiger partial charge in [0.1, 0.15) is 18.1 Å². The number of ether oxygens (including phenoxy) is 2. The van der Waals surface area contributed by atoms with Gasteiger partial charge in [-0.15, -0.1) is 0 Å². The summed E-state index contributed by atoms with van der Waals surface area (Å²) in [4.78, 5) is 11.7. The van der Waals surface area contributed by atoms with Crippen molar-refractivity contribution in [2.75, 3.05) is 19.5 Å². The maximum Gasteiger partial charge on any atom is 0.342 e. The first-order chi connectivity index (χ1) is 10.9. The molecule has 0 amide bonds. The van der Waals surface area contributed by atoms with Crippen molar-refractivity contribution in [3.05, 3.63) is 30.3 Å². The number of rotatable bonds is 10. The van der Waals surface area contributed by atoms with Gasteiger partial charge < -0.3 is 19.7 Å². The van der Waals surface area contributed by atoms with Crippen molar-refractivity contribution in [1.29, 1.82) is 0 Å². The molecule has 1 unspecified atom stereocenters. The van der Waals surface area contributed by atoms with Gasteiger partial charge in [-0.05, 0) is 32.9 Å². The number of benzene rings is 1. The molecule has 8 heteroatoms. The van der Waals surface area contributed by atoms with Crippen LogP contribution in [0.15, 0.2) is 30.3 Å². The molecule has 0 radical (unpaired) electrons. The molecule has 0 heterocycles. The molecule has 0 fully saturated rings. The molecule has 0 spiro atoms. The normalized spacial score (nSPS) is 16.2. The van der Waals surface area contributed by atoms with Crippen LogP contribution in [-0.4, -0.2) is 37.6 Å². The van der Waals surface area contributed by atoms with Crippen molar-refractivity contribution in [1.82, 2.24) is 5.09 Å². The lowest BCUT2D eigenvalue weighted by Gasteiger charge is -2.24. The van der Waals surface area contributed by atoms with Gasteiger partial charge in [0.2, 0.25) is 0 Å². The van der Waals surface area contributed by atoms with Crippen LogP contribution in [0.4, 0.5) is 0 Å². The van der Waals surface area contributed by atoms with Crippen molar-refractivity contribution < 1.29 is 23.4 Å². The third-order valence-electron chi connectivity index (χ3n) is 2.89. The van der Waals surface area contributed by atoms with Crippen LogP contribution in [0, 0.1) is 0 Å². The van der Waals surface area contributed by atoms with Gasteiger partial charge in [-0.2, -0.15) is 0 Å². The van der Waals surface area contributed by atoms with Gasteiger partial charge in [0.15, 0.2) is 0 Å². The molecule has 0 bridgehead atoms. The zero-order chi connectivity index (χ0) is 17.3. The SMILES string of the molecule is CCOC(=O)[C@@H](C)NP(=O)(CO[C@H](C)CN)Oc1ccccc1. The zero-order valence-electron chi connectivity index (χ0n) is 13.7. The molecule has 7 nitrogen and oxygen atoms in total. The minimum absolute atomic E-state index is 0.204. The fraction of sp³-hybridized carbons (Fsp3) is 0.533. The molecule has 0 saturated heterocycles. The first-order valence-electron chi connectivity index (χ1n) is 7.50. The zero-order valence-corrected chi connectivity index (χ0v) is 14.6. The van der Waals surface area contributed by atoms with Gasteiger partial charge in [-0.1, -0.05) is 18.2 Å². The fourth-order valence-electron chi connectivity index (χ4n) is 1.65. The third kappa shape index (κ3) is 7.14. The maximum absolute atomic E-state index is 13.0. The largest absolute Gasteiger partial charge is 0.465 e. The van der Waals surface area contributed by atoms with Gasteiger partial charge in [0, 0.05) is 6.54 Å². The Morgan fingerprint density at radius 2 is 1.96 bits per heavy atom. The van der Waals surface area contributed by atoms with Crippen molar-refractivity contribution >= 4 is 13.5 Å². The lowest BCUT2D eigenvalue weighted by molar-refractivity contribution is -0.144. The molecule has 23 heavy (non-hydrogen) atoms. The molecular formula is C15H25N2O5P. The number of esters is 1. The quantitative estimate of drug-likeness (QED) is 0.495. The monoisotopic (exact) mass is 344 g/mol. The Morgan fingerprint density at radius 1 is 1.30 bits per heavy atom. The van der Waals surface area contributed by atoms with Crippen LogP contribution in [0.5, 0.6) is 5.75 Å². The van der Waals surface area contributed by atoms with Crippen LogP contribution >= 0.6 is 7.52 Å². The minimum atomic E-state index is -3.47. The van der Waals surface area contributed by atoms with E-state index in [1.54, 1.807) is 45.0 Å². The molecule has 3 atom stereocenters. The Balaban J connectivity index is 2.82. The second-order valence-corrected chi connectivity index (χ2v) is 7.07. The van der Waals surface area contributed by atoms with Gasteiger partial charge in [0.05, 0.1) is 12.7 Å². The predicted octanol–water partition coefficient (Wildman–Crippen LogP) is 2.12. The molecule has 3 N–H and O–H groups in total. The summed E-state index contributed by atoms with van der Waals surface area (Å²) in [6.45, 7) is 5.57. The van der Waals surface area contributed by atoms with E-state index in [9.17, 15) is 9.36 Å². The van der Waals surface area contributed by atoms with E-state index in [-0.39, 0.29) is 19.1 Å². The summed E-state index contributed by atoms with van der Waals surface area (Å²) in [6, 6.07) is 7.90. The Labute approximate surface area is 137 Å². The molecular weight excluding hydrogens is 319 g/mol. The average Bonchev–Trinajstić information content (AvgIpc) is 2.53. The summed E-state index contributed by atoms with van der Waals surface area (Å²) >= 11 is 0. The van der Waals surface area contributed by atoms with Crippen LogP contribution in [0.1, 0.15) is 20.8 Å². The molecule has 1 rings (SSSR count).